The Kier molecular flexibility index (Phi) is 3.75. The van der Waals surface area contributed by atoms with Crippen LogP contribution in [0.3, 0.4) is 0 Å². The first-order valence-electron chi connectivity index (χ1n) is 4.21. The summed E-state index contributed by atoms with van der Waals surface area (Å²) >= 11 is 7.31. The van der Waals surface area contributed by atoms with Crippen LogP contribution in [0.4, 0.5) is 0 Å². The van der Waals surface area contributed by atoms with Crippen LogP contribution in [0.1, 0.15) is 24.2 Å². The van der Waals surface area contributed by atoms with Crippen LogP contribution in [0, 0.1) is 0 Å². The molecule has 4 heteroatoms. The van der Waals surface area contributed by atoms with Crippen molar-refractivity contribution in [1.82, 2.24) is 4.90 Å². The van der Waals surface area contributed by atoms with Crippen molar-refractivity contribution >= 4 is 28.8 Å². The fraction of sp³-hybridized carbons (Fsp3) is 0.444. The summed E-state index contributed by atoms with van der Waals surface area (Å²) in [5.41, 5.74) is 0.621. The van der Waals surface area contributed by atoms with Gasteiger partial charge in [0.25, 0.3) is 5.91 Å². The van der Waals surface area contributed by atoms with Crippen LogP contribution in [0.25, 0.3) is 0 Å². The Bertz CT molecular complexity index is 294. The Morgan fingerprint density at radius 2 is 2.08 bits per heavy atom. The Hall–Kier alpha value is -0.540. The molecule has 0 unspecified atom stereocenters. The van der Waals surface area contributed by atoms with Crippen LogP contribution in [-0.4, -0.2) is 23.9 Å². The fourth-order valence-corrected chi connectivity index (χ4v) is 2.15. The number of halogens is 1. The van der Waals surface area contributed by atoms with Gasteiger partial charge in [-0.15, -0.1) is 11.3 Å². The number of nitrogens with zero attached hydrogens (tertiary/aromatic N) is 1. The molecule has 0 aliphatic carbocycles. The third-order valence-electron chi connectivity index (χ3n) is 1.90. The minimum Gasteiger partial charge on any atom is -0.339 e. The van der Waals surface area contributed by atoms with Crippen molar-refractivity contribution in [3.8, 4) is 0 Å². The van der Waals surface area contributed by atoms with Crippen molar-refractivity contribution in [1.29, 1.82) is 0 Å². The lowest BCUT2D eigenvalue weighted by Crippen LogP contribution is -2.30. The molecule has 0 aliphatic heterocycles. The molecule has 0 radical (unpaired) electrons. The smallest absolute Gasteiger partial charge is 0.256 e. The second kappa shape index (κ2) is 4.63. The predicted molar refractivity (Wildman–Crippen MR) is 56.6 cm³/mol. The van der Waals surface area contributed by atoms with Gasteiger partial charge in [0.15, 0.2) is 0 Å². The Morgan fingerprint density at radius 1 is 1.46 bits per heavy atom. The molecule has 72 valence electrons. The van der Waals surface area contributed by atoms with Gasteiger partial charge in [-0.05, 0) is 13.8 Å². The first-order chi connectivity index (χ1) is 6.20. The Balaban J connectivity index is 2.84. The van der Waals surface area contributed by atoms with Gasteiger partial charge in [0, 0.05) is 23.8 Å². The van der Waals surface area contributed by atoms with E-state index in [2.05, 4.69) is 0 Å². The maximum atomic E-state index is 11.7. The molecule has 13 heavy (non-hydrogen) atoms. The van der Waals surface area contributed by atoms with Crippen molar-refractivity contribution < 1.29 is 4.79 Å². The van der Waals surface area contributed by atoms with Gasteiger partial charge in [0.1, 0.15) is 0 Å². The minimum absolute atomic E-state index is 0.0243. The molecule has 0 aromatic carbocycles. The Morgan fingerprint density at radius 3 is 2.46 bits per heavy atom. The first kappa shape index (κ1) is 10.5. The normalized spacial score (nSPS) is 10.1. The highest BCUT2D eigenvalue weighted by molar-refractivity contribution is 7.08. The SMILES string of the molecule is CCN(CC)C(=O)c1cscc1Cl. The highest BCUT2D eigenvalue weighted by Gasteiger charge is 2.15. The molecule has 1 rings (SSSR count). The van der Waals surface area contributed by atoms with Crippen LogP contribution in [-0.2, 0) is 0 Å². The van der Waals surface area contributed by atoms with Gasteiger partial charge in [-0.25, -0.2) is 0 Å². The summed E-state index contributed by atoms with van der Waals surface area (Å²) in [7, 11) is 0. The third-order valence-corrected chi connectivity index (χ3v) is 3.08. The maximum Gasteiger partial charge on any atom is 0.256 e. The number of thiophene rings is 1. The van der Waals surface area contributed by atoms with Gasteiger partial charge < -0.3 is 4.90 Å². The zero-order valence-corrected chi connectivity index (χ0v) is 9.28. The molecule has 0 atom stereocenters. The largest absolute Gasteiger partial charge is 0.339 e. The molecule has 0 saturated carbocycles. The molecule has 0 spiro atoms. The van der Waals surface area contributed by atoms with Crippen molar-refractivity contribution in [2.75, 3.05) is 13.1 Å². The molecule has 2 nitrogen and oxygen atoms in total. The van der Waals surface area contributed by atoms with Crippen LogP contribution < -0.4 is 0 Å². The van der Waals surface area contributed by atoms with Crippen molar-refractivity contribution in [3.63, 3.8) is 0 Å². The molecule has 0 fully saturated rings. The standard InChI is InChI=1S/C9H12ClNOS/c1-3-11(4-2)9(12)7-5-13-6-8(7)10/h5-6H,3-4H2,1-2H3. The summed E-state index contributed by atoms with van der Waals surface area (Å²) in [6.45, 7) is 5.37. The molecular weight excluding hydrogens is 206 g/mol. The van der Waals surface area contributed by atoms with Crippen LogP contribution in [0.15, 0.2) is 10.8 Å². The van der Waals surface area contributed by atoms with E-state index < -0.39 is 0 Å². The van der Waals surface area contributed by atoms with E-state index in [0.717, 1.165) is 13.1 Å². The zero-order valence-electron chi connectivity index (χ0n) is 7.71. The summed E-state index contributed by atoms with van der Waals surface area (Å²) < 4.78 is 0. The lowest BCUT2D eigenvalue weighted by atomic mass is 10.3. The van der Waals surface area contributed by atoms with Gasteiger partial charge in [-0.3, -0.25) is 4.79 Å². The summed E-state index contributed by atoms with van der Waals surface area (Å²) in [4.78, 5) is 13.5. The van der Waals surface area contributed by atoms with Crippen molar-refractivity contribution in [3.05, 3.63) is 21.3 Å². The van der Waals surface area contributed by atoms with Gasteiger partial charge in [-0.2, -0.15) is 0 Å². The molecule has 0 aliphatic rings. The van der Waals surface area contributed by atoms with E-state index in [1.54, 1.807) is 15.7 Å². The lowest BCUT2D eigenvalue weighted by Gasteiger charge is -2.17. The molecule has 1 aromatic heterocycles. The topological polar surface area (TPSA) is 20.3 Å². The summed E-state index contributed by atoms with van der Waals surface area (Å²) in [6.07, 6.45) is 0. The number of hydrogen-bond acceptors (Lipinski definition) is 2. The molecule has 1 aromatic rings. The van der Waals surface area contributed by atoms with Crippen LogP contribution in [0.5, 0.6) is 0 Å². The van der Waals surface area contributed by atoms with E-state index in [4.69, 9.17) is 11.6 Å². The Labute approximate surface area is 87.1 Å². The van der Waals surface area contributed by atoms with Crippen molar-refractivity contribution in [2.45, 2.75) is 13.8 Å². The second-order valence-electron chi connectivity index (χ2n) is 2.61. The van der Waals surface area contributed by atoms with E-state index in [1.165, 1.54) is 11.3 Å². The van der Waals surface area contributed by atoms with E-state index in [1.807, 2.05) is 13.8 Å². The monoisotopic (exact) mass is 217 g/mol. The van der Waals surface area contributed by atoms with E-state index in [9.17, 15) is 4.79 Å². The summed E-state index contributed by atoms with van der Waals surface area (Å²) in [5.74, 6) is 0.0243. The quantitative estimate of drug-likeness (QED) is 0.763. The average molecular weight is 218 g/mol. The molecule has 0 saturated heterocycles. The van der Waals surface area contributed by atoms with Crippen molar-refractivity contribution in [2.24, 2.45) is 0 Å². The molecule has 1 heterocycles. The number of carbonyl (C=O) groups is 1. The number of hydrogen-bond donors (Lipinski definition) is 0. The summed E-state index contributed by atoms with van der Waals surface area (Å²) in [5, 5.41) is 4.13. The third kappa shape index (κ3) is 2.23. The van der Waals surface area contributed by atoms with Gasteiger partial charge in [-0.1, -0.05) is 11.6 Å². The van der Waals surface area contributed by atoms with Gasteiger partial charge in [0.05, 0.1) is 10.6 Å². The van der Waals surface area contributed by atoms with E-state index >= 15 is 0 Å². The highest BCUT2D eigenvalue weighted by atomic mass is 35.5. The zero-order chi connectivity index (χ0) is 9.84. The van der Waals surface area contributed by atoms with Gasteiger partial charge in [0.2, 0.25) is 0 Å². The van der Waals surface area contributed by atoms with Crippen LogP contribution >= 0.6 is 22.9 Å². The molecule has 0 bridgehead atoms. The van der Waals surface area contributed by atoms with E-state index in [-0.39, 0.29) is 5.91 Å². The second-order valence-corrected chi connectivity index (χ2v) is 3.76. The molecule has 0 N–H and O–H groups in total. The maximum absolute atomic E-state index is 11.7. The first-order valence-corrected chi connectivity index (χ1v) is 5.53. The summed E-state index contributed by atoms with van der Waals surface area (Å²) in [6, 6.07) is 0. The average Bonchev–Trinajstić information content (AvgIpc) is 2.53. The number of amides is 1. The molecule has 1 amide bonds. The fourth-order valence-electron chi connectivity index (χ4n) is 1.12. The molecular formula is C9H12ClNOS. The lowest BCUT2D eigenvalue weighted by molar-refractivity contribution is 0.0773. The predicted octanol–water partition coefficient (Wildman–Crippen LogP) is 2.88. The number of carbonyl (C=O) groups excluding carboxylic acids is 1. The minimum atomic E-state index is 0.0243. The highest BCUT2D eigenvalue weighted by Crippen LogP contribution is 2.21. The van der Waals surface area contributed by atoms with E-state index in [0.29, 0.717) is 10.6 Å². The van der Waals surface area contributed by atoms with Gasteiger partial charge >= 0.3 is 0 Å². The van der Waals surface area contributed by atoms with Crippen LogP contribution in [0.2, 0.25) is 5.02 Å². The number of rotatable bonds is 3.